The summed E-state index contributed by atoms with van der Waals surface area (Å²) < 4.78 is 6.12. The van der Waals surface area contributed by atoms with E-state index in [1.165, 1.54) is 11.1 Å². The van der Waals surface area contributed by atoms with Crippen molar-refractivity contribution in [2.45, 2.75) is 32.3 Å². The van der Waals surface area contributed by atoms with Crippen molar-refractivity contribution in [3.05, 3.63) is 65.7 Å². The third-order valence-corrected chi connectivity index (χ3v) is 3.43. The molecule has 0 aliphatic carbocycles. The Morgan fingerprint density at radius 1 is 0.950 bits per heavy atom. The van der Waals surface area contributed by atoms with Gasteiger partial charge in [-0.2, -0.15) is 0 Å². The lowest BCUT2D eigenvalue weighted by molar-refractivity contribution is 0.109. The molecule has 0 unspecified atom stereocenters. The van der Waals surface area contributed by atoms with Crippen molar-refractivity contribution in [2.75, 3.05) is 6.54 Å². The van der Waals surface area contributed by atoms with Crippen molar-refractivity contribution in [1.29, 1.82) is 0 Å². The molecule has 0 bridgehead atoms. The number of nitrogens with two attached hydrogens (primary N) is 1. The van der Waals surface area contributed by atoms with Gasteiger partial charge < -0.3 is 10.5 Å². The Morgan fingerprint density at radius 3 is 2.20 bits per heavy atom. The van der Waals surface area contributed by atoms with Gasteiger partial charge in [0.2, 0.25) is 0 Å². The Kier molecular flexibility index (Phi) is 4.80. The summed E-state index contributed by atoms with van der Waals surface area (Å²) in [5.74, 6) is 0.898. The molecule has 0 aliphatic rings. The summed E-state index contributed by atoms with van der Waals surface area (Å²) in [6, 6.07) is 18.6. The first-order valence-corrected chi connectivity index (χ1v) is 7.15. The van der Waals surface area contributed by atoms with Crippen molar-refractivity contribution in [3.8, 4) is 5.75 Å². The molecule has 2 N–H and O–H groups in total. The molecule has 2 heteroatoms. The van der Waals surface area contributed by atoms with Gasteiger partial charge in [0.15, 0.2) is 0 Å². The molecule has 0 fully saturated rings. The minimum absolute atomic E-state index is 0.333. The van der Waals surface area contributed by atoms with Crippen LogP contribution in [0.5, 0.6) is 5.75 Å². The van der Waals surface area contributed by atoms with Crippen LogP contribution in [0.1, 0.15) is 31.4 Å². The largest absolute Gasteiger partial charge is 0.483 e. The Hall–Kier alpha value is -1.80. The van der Waals surface area contributed by atoms with E-state index in [1.54, 1.807) is 0 Å². The number of benzene rings is 2. The Labute approximate surface area is 121 Å². The summed E-state index contributed by atoms with van der Waals surface area (Å²) >= 11 is 0. The van der Waals surface area contributed by atoms with Crippen LogP contribution in [0, 0.1) is 0 Å². The van der Waals surface area contributed by atoms with Gasteiger partial charge in [0.05, 0.1) is 0 Å². The lowest BCUT2D eigenvalue weighted by atomic mass is 9.98. The second kappa shape index (κ2) is 6.58. The maximum atomic E-state index is 6.12. The summed E-state index contributed by atoms with van der Waals surface area (Å²) in [5.41, 5.74) is 7.68. The van der Waals surface area contributed by atoms with E-state index >= 15 is 0 Å². The zero-order valence-electron chi connectivity index (χ0n) is 12.3. The molecular formula is C18H23NO. The van der Waals surface area contributed by atoms with Gasteiger partial charge in [-0.3, -0.25) is 0 Å². The van der Waals surface area contributed by atoms with Gasteiger partial charge in [0.25, 0.3) is 0 Å². The van der Waals surface area contributed by atoms with E-state index in [-0.39, 0.29) is 5.60 Å². The fraction of sp³-hybridized carbons (Fsp3) is 0.333. The topological polar surface area (TPSA) is 35.2 Å². The quantitative estimate of drug-likeness (QED) is 0.863. The van der Waals surface area contributed by atoms with Crippen LogP contribution in [0.15, 0.2) is 54.6 Å². The van der Waals surface area contributed by atoms with Gasteiger partial charge in [-0.1, -0.05) is 42.5 Å². The molecule has 2 aromatic carbocycles. The summed E-state index contributed by atoms with van der Waals surface area (Å²) in [5, 5.41) is 0. The van der Waals surface area contributed by atoms with E-state index in [0.29, 0.717) is 0 Å². The summed E-state index contributed by atoms with van der Waals surface area (Å²) in [4.78, 5) is 0. The van der Waals surface area contributed by atoms with Crippen molar-refractivity contribution < 1.29 is 4.74 Å². The van der Waals surface area contributed by atoms with E-state index < -0.39 is 0 Å². The van der Waals surface area contributed by atoms with Crippen LogP contribution in [0.2, 0.25) is 0 Å². The Bertz CT molecular complexity index is 517. The van der Waals surface area contributed by atoms with E-state index in [9.17, 15) is 0 Å². The van der Waals surface area contributed by atoms with Crippen molar-refractivity contribution >= 4 is 0 Å². The number of aryl methyl sites for hydroxylation is 1. The van der Waals surface area contributed by atoms with Gasteiger partial charge in [0, 0.05) is 0 Å². The predicted octanol–water partition coefficient (Wildman–Crippen LogP) is 3.89. The highest BCUT2D eigenvalue weighted by atomic mass is 16.5. The third-order valence-electron chi connectivity index (χ3n) is 3.43. The average Bonchev–Trinajstić information content (AvgIpc) is 2.47. The molecular weight excluding hydrogens is 246 g/mol. The van der Waals surface area contributed by atoms with Gasteiger partial charge >= 0.3 is 0 Å². The highest BCUT2D eigenvalue weighted by molar-refractivity contribution is 5.30. The molecule has 0 spiro atoms. The van der Waals surface area contributed by atoms with Crippen molar-refractivity contribution in [3.63, 3.8) is 0 Å². The van der Waals surface area contributed by atoms with Crippen LogP contribution < -0.4 is 10.5 Å². The normalized spacial score (nSPS) is 11.3. The van der Waals surface area contributed by atoms with Crippen molar-refractivity contribution in [2.24, 2.45) is 5.73 Å². The number of hydrogen-bond acceptors (Lipinski definition) is 2. The highest BCUT2D eigenvalue weighted by Crippen LogP contribution is 2.27. The molecule has 106 valence electrons. The van der Waals surface area contributed by atoms with E-state index in [1.807, 2.05) is 30.3 Å². The summed E-state index contributed by atoms with van der Waals surface area (Å²) in [6.45, 7) is 4.91. The maximum absolute atomic E-state index is 6.12. The lowest BCUT2D eigenvalue weighted by Gasteiger charge is -2.27. The number of ether oxygens (including phenoxy) is 1. The molecule has 0 atom stereocenters. The molecule has 0 aliphatic heterocycles. The zero-order valence-corrected chi connectivity index (χ0v) is 12.3. The van der Waals surface area contributed by atoms with E-state index in [2.05, 4.69) is 38.1 Å². The molecule has 20 heavy (non-hydrogen) atoms. The maximum Gasteiger partial charge on any atom is 0.128 e. The molecule has 0 amide bonds. The van der Waals surface area contributed by atoms with Crippen LogP contribution in [0.3, 0.4) is 0 Å². The second-order valence-electron chi connectivity index (χ2n) is 5.51. The Morgan fingerprint density at radius 2 is 1.60 bits per heavy atom. The molecule has 0 aromatic heterocycles. The number of hydrogen-bond donors (Lipinski definition) is 1. The van der Waals surface area contributed by atoms with Gasteiger partial charge in [-0.15, -0.1) is 0 Å². The number of rotatable bonds is 6. The minimum atomic E-state index is -0.333. The molecule has 2 nitrogen and oxygen atoms in total. The van der Waals surface area contributed by atoms with Gasteiger partial charge in [-0.25, -0.2) is 0 Å². The van der Waals surface area contributed by atoms with Crippen LogP contribution in [0.25, 0.3) is 0 Å². The van der Waals surface area contributed by atoms with E-state index in [0.717, 1.165) is 25.1 Å². The molecule has 2 rings (SSSR count). The molecule has 0 heterocycles. The monoisotopic (exact) mass is 269 g/mol. The highest BCUT2D eigenvalue weighted by Gasteiger charge is 2.22. The molecule has 0 radical (unpaired) electrons. The molecule has 0 saturated heterocycles. The first kappa shape index (κ1) is 14.6. The Balaban J connectivity index is 2.06. The minimum Gasteiger partial charge on any atom is -0.483 e. The fourth-order valence-corrected chi connectivity index (χ4v) is 2.22. The smallest absolute Gasteiger partial charge is 0.128 e. The standard InChI is InChI=1S/C18H23NO/c1-18(2,16-8-4-3-5-9-16)20-17-12-10-15(11-13-17)7-6-14-19/h3-5,8-13H,6-7,14,19H2,1-2H3. The third kappa shape index (κ3) is 3.84. The second-order valence-corrected chi connectivity index (χ2v) is 5.51. The first-order chi connectivity index (χ1) is 9.62. The predicted molar refractivity (Wildman–Crippen MR) is 83.9 cm³/mol. The van der Waals surface area contributed by atoms with Crippen LogP contribution in [0.4, 0.5) is 0 Å². The van der Waals surface area contributed by atoms with Crippen molar-refractivity contribution in [1.82, 2.24) is 0 Å². The van der Waals surface area contributed by atoms with Crippen LogP contribution >= 0.6 is 0 Å². The van der Waals surface area contributed by atoms with Gasteiger partial charge in [-0.05, 0) is 56.5 Å². The summed E-state index contributed by atoms with van der Waals surface area (Å²) in [6.07, 6.45) is 2.05. The van der Waals surface area contributed by atoms with Crippen LogP contribution in [-0.2, 0) is 12.0 Å². The molecule has 2 aromatic rings. The average molecular weight is 269 g/mol. The first-order valence-electron chi connectivity index (χ1n) is 7.15. The molecule has 0 saturated carbocycles. The SMILES string of the molecule is CC(C)(Oc1ccc(CCCN)cc1)c1ccccc1. The van der Waals surface area contributed by atoms with Gasteiger partial charge in [0.1, 0.15) is 11.4 Å². The van der Waals surface area contributed by atoms with E-state index in [4.69, 9.17) is 10.5 Å². The summed E-state index contributed by atoms with van der Waals surface area (Å²) in [7, 11) is 0. The lowest BCUT2D eigenvalue weighted by Crippen LogP contribution is -2.25. The fourth-order valence-electron chi connectivity index (χ4n) is 2.22. The van der Waals surface area contributed by atoms with Crippen LogP contribution in [-0.4, -0.2) is 6.54 Å². The zero-order chi connectivity index (χ0) is 14.4.